The van der Waals surface area contributed by atoms with Crippen LogP contribution in [0.15, 0.2) is 64.5 Å². The number of H-pyrrole nitrogens is 1. The van der Waals surface area contributed by atoms with Crippen molar-refractivity contribution in [3.8, 4) is 17.1 Å². The molecule has 0 fully saturated rings. The van der Waals surface area contributed by atoms with Crippen molar-refractivity contribution in [3.05, 3.63) is 70.0 Å². The monoisotopic (exact) mass is 441 g/mol. The normalized spacial score (nSPS) is 10.9. The van der Waals surface area contributed by atoms with Crippen LogP contribution in [0.1, 0.15) is 0 Å². The number of rotatable bonds is 6. The molecule has 2 aromatic carbocycles. The summed E-state index contributed by atoms with van der Waals surface area (Å²) in [6.07, 6.45) is 0. The van der Waals surface area contributed by atoms with E-state index >= 15 is 0 Å². The van der Waals surface area contributed by atoms with Crippen LogP contribution in [0.2, 0.25) is 5.02 Å². The first-order chi connectivity index (χ1) is 14.5. The molecule has 2 aromatic heterocycles. The molecule has 0 aliphatic rings. The lowest BCUT2D eigenvalue weighted by atomic mass is 10.2. The van der Waals surface area contributed by atoms with Gasteiger partial charge in [-0.05, 0) is 36.4 Å². The van der Waals surface area contributed by atoms with E-state index in [0.717, 1.165) is 0 Å². The number of anilines is 1. The average Bonchev–Trinajstić information content (AvgIpc) is 3.13. The number of ether oxygens (including phenoxy) is 1. The number of halogens is 1. The van der Waals surface area contributed by atoms with Gasteiger partial charge in [0.1, 0.15) is 5.75 Å². The first kappa shape index (κ1) is 20.0. The Balaban J connectivity index is 1.57. The van der Waals surface area contributed by atoms with Crippen molar-refractivity contribution >= 4 is 40.6 Å². The summed E-state index contributed by atoms with van der Waals surface area (Å²) in [5, 5.41) is 6.37. The molecular formula is C20H16ClN5O3S. The Morgan fingerprint density at radius 1 is 1.20 bits per heavy atom. The molecule has 0 aliphatic heterocycles. The molecule has 0 saturated heterocycles. The predicted molar refractivity (Wildman–Crippen MR) is 116 cm³/mol. The van der Waals surface area contributed by atoms with Crippen LogP contribution in [-0.4, -0.2) is 38.4 Å². The molecular weight excluding hydrogens is 426 g/mol. The van der Waals surface area contributed by atoms with Crippen molar-refractivity contribution in [2.24, 2.45) is 0 Å². The molecule has 0 radical (unpaired) electrons. The number of carbonyl (C=O) groups excluding carboxylic acids is 1. The molecule has 0 spiro atoms. The van der Waals surface area contributed by atoms with Crippen LogP contribution < -0.4 is 15.6 Å². The third-order valence-corrected chi connectivity index (χ3v) is 5.41. The number of fused-ring (bicyclic) bond motifs is 1. The second-order valence-corrected chi connectivity index (χ2v) is 7.54. The Morgan fingerprint density at radius 2 is 1.97 bits per heavy atom. The van der Waals surface area contributed by atoms with E-state index in [4.69, 9.17) is 16.3 Å². The van der Waals surface area contributed by atoms with Crippen molar-refractivity contribution in [3.63, 3.8) is 0 Å². The maximum atomic E-state index is 12.4. The molecule has 8 nitrogen and oxygen atoms in total. The van der Waals surface area contributed by atoms with E-state index in [9.17, 15) is 9.59 Å². The minimum absolute atomic E-state index is 0.0836. The minimum atomic E-state index is -0.315. The van der Waals surface area contributed by atoms with Gasteiger partial charge in [0.05, 0.1) is 17.9 Å². The van der Waals surface area contributed by atoms with Crippen LogP contribution in [0.4, 0.5) is 5.69 Å². The standard InChI is InChI=1S/C20H16ClN5O3S/c1-29-13-8-6-12(7-9-13)22-18(28)11-30-20-24-19(14-4-2-3-5-15(14)21)23-16-10-17(27)25-26(16)20/h2-10H,11H2,1H3,(H,22,28)(H,25,27). The van der Waals surface area contributed by atoms with Crippen molar-refractivity contribution in [1.82, 2.24) is 19.6 Å². The summed E-state index contributed by atoms with van der Waals surface area (Å²) in [6, 6.07) is 15.6. The predicted octanol–water partition coefficient (Wildman–Crippen LogP) is 3.48. The highest BCUT2D eigenvalue weighted by molar-refractivity contribution is 7.99. The smallest absolute Gasteiger partial charge is 0.266 e. The van der Waals surface area contributed by atoms with Crippen molar-refractivity contribution < 1.29 is 9.53 Å². The maximum absolute atomic E-state index is 12.4. The van der Waals surface area contributed by atoms with Gasteiger partial charge in [-0.15, -0.1) is 0 Å². The molecule has 152 valence electrons. The number of methoxy groups -OCH3 is 1. The summed E-state index contributed by atoms with van der Waals surface area (Å²) >= 11 is 7.45. The average molecular weight is 442 g/mol. The highest BCUT2D eigenvalue weighted by Gasteiger charge is 2.15. The summed E-state index contributed by atoms with van der Waals surface area (Å²) in [5.41, 5.74) is 1.37. The lowest BCUT2D eigenvalue weighted by Crippen LogP contribution is -2.15. The summed E-state index contributed by atoms with van der Waals surface area (Å²) in [5.74, 6) is 0.943. The number of nitrogens with zero attached hydrogens (tertiary/aromatic N) is 3. The number of aromatic nitrogens is 4. The molecule has 2 heterocycles. The number of thioether (sulfide) groups is 1. The third-order valence-electron chi connectivity index (χ3n) is 4.15. The largest absolute Gasteiger partial charge is 0.497 e. The van der Waals surface area contributed by atoms with E-state index in [-0.39, 0.29) is 17.2 Å². The van der Waals surface area contributed by atoms with E-state index in [1.54, 1.807) is 43.5 Å². The molecule has 0 aliphatic carbocycles. The lowest BCUT2D eigenvalue weighted by Gasteiger charge is -2.09. The Labute approximate surface area is 180 Å². The summed E-state index contributed by atoms with van der Waals surface area (Å²) < 4.78 is 6.56. The van der Waals surface area contributed by atoms with Gasteiger partial charge in [0.15, 0.2) is 16.6 Å². The summed E-state index contributed by atoms with van der Waals surface area (Å²) in [6.45, 7) is 0. The molecule has 1 amide bonds. The first-order valence-electron chi connectivity index (χ1n) is 8.85. The second kappa shape index (κ2) is 8.60. The second-order valence-electron chi connectivity index (χ2n) is 6.19. The zero-order valence-corrected chi connectivity index (χ0v) is 17.3. The Morgan fingerprint density at radius 3 is 2.70 bits per heavy atom. The van der Waals surface area contributed by atoms with E-state index in [1.165, 1.54) is 22.3 Å². The first-order valence-corrected chi connectivity index (χ1v) is 10.2. The SMILES string of the molecule is COc1ccc(NC(=O)CSc2nc(-c3ccccc3Cl)nc3cc(=O)[nH]n23)cc1. The van der Waals surface area contributed by atoms with Crippen LogP contribution in [0, 0.1) is 0 Å². The van der Waals surface area contributed by atoms with Gasteiger partial charge >= 0.3 is 0 Å². The topological polar surface area (TPSA) is 101 Å². The minimum Gasteiger partial charge on any atom is -0.497 e. The van der Waals surface area contributed by atoms with Gasteiger partial charge in [0.2, 0.25) is 5.91 Å². The number of benzene rings is 2. The number of aromatic amines is 1. The van der Waals surface area contributed by atoms with Gasteiger partial charge in [0, 0.05) is 17.3 Å². The lowest BCUT2D eigenvalue weighted by molar-refractivity contribution is -0.113. The third kappa shape index (κ3) is 4.32. The van der Waals surface area contributed by atoms with E-state index in [1.807, 2.05) is 12.1 Å². The molecule has 2 N–H and O–H groups in total. The molecule has 10 heteroatoms. The van der Waals surface area contributed by atoms with E-state index in [2.05, 4.69) is 20.4 Å². The quantitative estimate of drug-likeness (QED) is 0.444. The zero-order chi connectivity index (χ0) is 21.1. The highest BCUT2D eigenvalue weighted by atomic mass is 35.5. The van der Waals surface area contributed by atoms with Gasteiger partial charge < -0.3 is 10.1 Å². The molecule has 4 rings (SSSR count). The molecule has 0 saturated carbocycles. The maximum Gasteiger partial charge on any atom is 0.266 e. The fraction of sp³-hybridized carbons (Fsp3) is 0.100. The number of amides is 1. The van der Waals surface area contributed by atoms with Gasteiger partial charge in [-0.3, -0.25) is 14.7 Å². The molecule has 0 bridgehead atoms. The number of nitrogens with one attached hydrogen (secondary N) is 2. The molecule has 0 unspecified atom stereocenters. The van der Waals surface area contributed by atoms with Gasteiger partial charge in [-0.2, -0.15) is 0 Å². The Hall–Kier alpha value is -3.30. The van der Waals surface area contributed by atoms with E-state index in [0.29, 0.717) is 38.7 Å². The van der Waals surface area contributed by atoms with Gasteiger partial charge in [-0.1, -0.05) is 35.5 Å². The van der Waals surface area contributed by atoms with E-state index < -0.39 is 0 Å². The van der Waals surface area contributed by atoms with Crippen molar-refractivity contribution in [1.29, 1.82) is 0 Å². The summed E-state index contributed by atoms with van der Waals surface area (Å²) in [7, 11) is 1.58. The Kier molecular flexibility index (Phi) is 5.73. The van der Waals surface area contributed by atoms with Crippen LogP contribution in [-0.2, 0) is 4.79 Å². The van der Waals surface area contributed by atoms with Crippen LogP contribution >= 0.6 is 23.4 Å². The number of hydrogen-bond donors (Lipinski definition) is 2. The van der Waals surface area contributed by atoms with Gasteiger partial charge in [-0.25, -0.2) is 14.5 Å². The number of carbonyl (C=O) groups is 1. The van der Waals surface area contributed by atoms with Crippen LogP contribution in [0.5, 0.6) is 5.75 Å². The fourth-order valence-electron chi connectivity index (χ4n) is 2.75. The number of hydrogen-bond acceptors (Lipinski definition) is 6. The van der Waals surface area contributed by atoms with Crippen molar-refractivity contribution in [2.75, 3.05) is 18.2 Å². The highest BCUT2D eigenvalue weighted by Crippen LogP contribution is 2.27. The van der Waals surface area contributed by atoms with Crippen LogP contribution in [0.3, 0.4) is 0 Å². The Bertz CT molecular complexity index is 1270. The fourth-order valence-corrected chi connectivity index (χ4v) is 3.72. The zero-order valence-electron chi connectivity index (χ0n) is 15.8. The molecule has 30 heavy (non-hydrogen) atoms. The van der Waals surface area contributed by atoms with Crippen molar-refractivity contribution in [2.45, 2.75) is 5.16 Å². The molecule has 4 aromatic rings. The van der Waals surface area contributed by atoms with Gasteiger partial charge in [0.25, 0.3) is 5.56 Å². The molecule has 0 atom stereocenters. The summed E-state index contributed by atoms with van der Waals surface area (Å²) in [4.78, 5) is 33.1. The van der Waals surface area contributed by atoms with Crippen LogP contribution in [0.25, 0.3) is 17.0 Å².